The van der Waals surface area contributed by atoms with Crippen LogP contribution in [0.15, 0.2) is 30.5 Å². The minimum absolute atomic E-state index is 0.0657. The first kappa shape index (κ1) is 18.1. The highest BCUT2D eigenvalue weighted by molar-refractivity contribution is 5.95. The third kappa shape index (κ3) is 4.40. The number of nitrogens with zero attached hydrogens (tertiary/aromatic N) is 3. The molecule has 0 saturated carbocycles. The molecule has 9 heteroatoms. The first-order valence-electron chi connectivity index (χ1n) is 7.55. The van der Waals surface area contributed by atoms with E-state index in [1.54, 1.807) is 16.9 Å². The number of esters is 1. The van der Waals surface area contributed by atoms with Gasteiger partial charge in [0.25, 0.3) is 11.6 Å². The van der Waals surface area contributed by atoms with E-state index in [1.807, 2.05) is 13.8 Å². The zero-order valence-corrected chi connectivity index (χ0v) is 14.1. The third-order valence-corrected chi connectivity index (χ3v) is 3.39. The van der Waals surface area contributed by atoms with Gasteiger partial charge in [-0.05, 0) is 32.9 Å². The number of carbonyl (C=O) groups excluding carboxylic acids is 2. The molecule has 0 atom stereocenters. The molecule has 2 rings (SSSR count). The Bertz CT molecular complexity index is 813. The van der Waals surface area contributed by atoms with Crippen LogP contribution in [0.25, 0.3) is 0 Å². The number of rotatable bonds is 6. The van der Waals surface area contributed by atoms with E-state index in [0.29, 0.717) is 11.4 Å². The van der Waals surface area contributed by atoms with Gasteiger partial charge < -0.3 is 10.1 Å². The van der Waals surface area contributed by atoms with Gasteiger partial charge in [0.05, 0.1) is 16.7 Å². The van der Waals surface area contributed by atoms with Crippen molar-refractivity contribution in [3.8, 4) is 0 Å². The number of benzene rings is 1. The second-order valence-electron chi connectivity index (χ2n) is 5.64. The van der Waals surface area contributed by atoms with Gasteiger partial charge in [0.15, 0.2) is 6.61 Å². The fourth-order valence-corrected chi connectivity index (χ4v) is 2.21. The predicted molar refractivity (Wildman–Crippen MR) is 89.4 cm³/mol. The van der Waals surface area contributed by atoms with Crippen LogP contribution in [-0.2, 0) is 9.53 Å². The van der Waals surface area contributed by atoms with Crippen LogP contribution in [0.2, 0.25) is 0 Å². The van der Waals surface area contributed by atoms with Gasteiger partial charge in [-0.15, -0.1) is 0 Å². The number of carbonyl (C=O) groups is 2. The zero-order valence-electron chi connectivity index (χ0n) is 14.1. The molecule has 0 saturated heterocycles. The van der Waals surface area contributed by atoms with E-state index >= 15 is 0 Å². The summed E-state index contributed by atoms with van der Waals surface area (Å²) in [5.41, 5.74) is 0.393. The summed E-state index contributed by atoms with van der Waals surface area (Å²) >= 11 is 0. The van der Waals surface area contributed by atoms with E-state index in [0.717, 1.165) is 0 Å². The first-order valence-corrected chi connectivity index (χ1v) is 7.55. The van der Waals surface area contributed by atoms with Gasteiger partial charge >= 0.3 is 5.97 Å². The van der Waals surface area contributed by atoms with Gasteiger partial charge in [0.2, 0.25) is 0 Å². The molecule has 0 aliphatic heterocycles. The van der Waals surface area contributed by atoms with Crippen molar-refractivity contribution >= 4 is 23.4 Å². The number of aromatic nitrogens is 2. The Hall–Kier alpha value is -3.23. The van der Waals surface area contributed by atoms with Crippen LogP contribution in [0.3, 0.4) is 0 Å². The Balaban J connectivity index is 1.95. The molecular weight excluding hydrogens is 328 g/mol. The van der Waals surface area contributed by atoms with Crippen LogP contribution in [0.5, 0.6) is 0 Å². The Kier molecular flexibility index (Phi) is 5.48. The highest BCUT2D eigenvalue weighted by Crippen LogP contribution is 2.19. The molecule has 0 unspecified atom stereocenters. The number of nitro groups is 1. The standard InChI is InChI=1S/C16H18N4O5/c1-10(2)19-14(6-7-17-19)18-15(21)9-25-16(22)12-4-5-13(20(23)24)11(3)8-12/h4-8,10H,9H2,1-3H3,(H,18,21). The minimum atomic E-state index is -0.731. The Morgan fingerprint density at radius 3 is 2.68 bits per heavy atom. The van der Waals surface area contributed by atoms with Crippen LogP contribution in [0.4, 0.5) is 11.5 Å². The zero-order chi connectivity index (χ0) is 18.6. The van der Waals surface area contributed by atoms with Gasteiger partial charge in [-0.3, -0.25) is 14.9 Å². The summed E-state index contributed by atoms with van der Waals surface area (Å²) in [6, 6.07) is 5.58. The van der Waals surface area contributed by atoms with Crippen LogP contribution >= 0.6 is 0 Å². The molecule has 132 valence electrons. The van der Waals surface area contributed by atoms with E-state index in [9.17, 15) is 19.7 Å². The molecule has 25 heavy (non-hydrogen) atoms. The van der Waals surface area contributed by atoms with Crippen molar-refractivity contribution in [2.75, 3.05) is 11.9 Å². The Labute approximate surface area is 143 Å². The largest absolute Gasteiger partial charge is 0.452 e. The van der Waals surface area contributed by atoms with Crippen molar-refractivity contribution in [2.45, 2.75) is 26.8 Å². The number of anilines is 1. The number of amides is 1. The molecule has 1 N–H and O–H groups in total. The second kappa shape index (κ2) is 7.56. The normalized spacial score (nSPS) is 10.6. The predicted octanol–water partition coefficient (Wildman–Crippen LogP) is 2.48. The Morgan fingerprint density at radius 1 is 1.36 bits per heavy atom. The van der Waals surface area contributed by atoms with E-state index in [4.69, 9.17) is 4.74 Å². The first-order chi connectivity index (χ1) is 11.8. The van der Waals surface area contributed by atoms with E-state index in [2.05, 4.69) is 10.4 Å². The molecule has 0 aliphatic carbocycles. The number of hydrogen-bond donors (Lipinski definition) is 1. The van der Waals surface area contributed by atoms with E-state index in [-0.39, 0.29) is 17.3 Å². The molecule has 1 aromatic heterocycles. The number of nitro benzene ring substituents is 1. The van der Waals surface area contributed by atoms with Crippen molar-refractivity contribution in [1.82, 2.24) is 9.78 Å². The number of ether oxygens (including phenoxy) is 1. The van der Waals surface area contributed by atoms with Crippen molar-refractivity contribution < 1.29 is 19.2 Å². The molecule has 1 amide bonds. The summed E-state index contributed by atoms with van der Waals surface area (Å²) in [5, 5.41) is 17.5. The van der Waals surface area contributed by atoms with E-state index in [1.165, 1.54) is 25.1 Å². The molecule has 0 aliphatic rings. The molecule has 9 nitrogen and oxygen atoms in total. The molecule has 1 heterocycles. The lowest BCUT2D eigenvalue weighted by molar-refractivity contribution is -0.385. The fraction of sp³-hybridized carbons (Fsp3) is 0.312. The topological polar surface area (TPSA) is 116 Å². The SMILES string of the molecule is Cc1cc(C(=O)OCC(=O)Nc2ccnn2C(C)C)ccc1[N+](=O)[O-]. The smallest absolute Gasteiger partial charge is 0.338 e. The number of nitrogens with one attached hydrogen (secondary N) is 1. The average Bonchev–Trinajstić information content (AvgIpc) is 3.00. The maximum Gasteiger partial charge on any atom is 0.338 e. The number of hydrogen-bond acceptors (Lipinski definition) is 6. The van der Waals surface area contributed by atoms with Crippen LogP contribution in [-0.4, -0.2) is 33.2 Å². The monoisotopic (exact) mass is 346 g/mol. The number of aryl methyl sites for hydroxylation is 1. The maximum atomic E-state index is 12.0. The highest BCUT2D eigenvalue weighted by atomic mass is 16.6. The molecule has 0 fully saturated rings. The Morgan fingerprint density at radius 2 is 2.08 bits per heavy atom. The average molecular weight is 346 g/mol. The maximum absolute atomic E-state index is 12.0. The van der Waals surface area contributed by atoms with Crippen LogP contribution < -0.4 is 5.32 Å². The van der Waals surface area contributed by atoms with Crippen molar-refractivity contribution in [2.24, 2.45) is 0 Å². The summed E-state index contributed by atoms with van der Waals surface area (Å²) in [6.07, 6.45) is 1.56. The highest BCUT2D eigenvalue weighted by Gasteiger charge is 2.16. The second-order valence-corrected chi connectivity index (χ2v) is 5.64. The molecule has 0 spiro atoms. The van der Waals surface area contributed by atoms with Crippen molar-refractivity contribution in [3.63, 3.8) is 0 Å². The lowest BCUT2D eigenvalue weighted by atomic mass is 10.1. The van der Waals surface area contributed by atoms with Crippen molar-refractivity contribution in [3.05, 3.63) is 51.7 Å². The van der Waals surface area contributed by atoms with Gasteiger partial charge in [-0.25, -0.2) is 9.48 Å². The summed E-state index contributed by atoms with van der Waals surface area (Å²) in [5.74, 6) is -0.734. The summed E-state index contributed by atoms with van der Waals surface area (Å²) < 4.78 is 6.57. The van der Waals surface area contributed by atoms with Crippen LogP contribution in [0.1, 0.15) is 35.8 Å². The molecule has 2 aromatic rings. The summed E-state index contributed by atoms with van der Waals surface area (Å²) in [7, 11) is 0. The van der Waals surface area contributed by atoms with Gasteiger partial charge in [-0.1, -0.05) is 0 Å². The molecule has 1 aromatic carbocycles. The summed E-state index contributed by atoms with van der Waals surface area (Å²) in [4.78, 5) is 34.1. The molecule has 0 radical (unpaired) electrons. The minimum Gasteiger partial charge on any atom is -0.452 e. The molecular formula is C16H18N4O5. The fourth-order valence-electron chi connectivity index (χ4n) is 2.21. The van der Waals surface area contributed by atoms with E-state index < -0.39 is 23.4 Å². The van der Waals surface area contributed by atoms with Crippen LogP contribution in [0, 0.1) is 17.0 Å². The van der Waals surface area contributed by atoms with Gasteiger partial charge in [-0.2, -0.15) is 5.10 Å². The van der Waals surface area contributed by atoms with Gasteiger partial charge in [0, 0.05) is 23.7 Å². The quantitative estimate of drug-likeness (QED) is 0.488. The van der Waals surface area contributed by atoms with Crippen molar-refractivity contribution in [1.29, 1.82) is 0 Å². The van der Waals surface area contributed by atoms with Gasteiger partial charge in [0.1, 0.15) is 5.82 Å². The third-order valence-electron chi connectivity index (χ3n) is 3.39. The molecule has 0 bridgehead atoms. The lowest BCUT2D eigenvalue weighted by Crippen LogP contribution is -2.23. The lowest BCUT2D eigenvalue weighted by Gasteiger charge is -2.12. The summed E-state index contributed by atoms with van der Waals surface area (Å²) in [6.45, 7) is 4.88.